The van der Waals surface area contributed by atoms with E-state index in [1.807, 2.05) is 46.2 Å². The van der Waals surface area contributed by atoms with Crippen molar-refractivity contribution in [3.05, 3.63) is 39.9 Å². The standard InChI is InChI=1S/C16H18N4O2S/c1-8-6-12(11(4)22-8)13-7-23-16(17-13)18-15(21)14-9(2)19-20(5)10(14)3/h6-7H,1-5H3,(H,17,18,21). The molecule has 7 heteroatoms. The smallest absolute Gasteiger partial charge is 0.261 e. The Morgan fingerprint density at radius 2 is 2.04 bits per heavy atom. The Balaban J connectivity index is 1.84. The Kier molecular flexibility index (Phi) is 3.81. The third-order valence-corrected chi connectivity index (χ3v) is 4.54. The molecule has 0 spiro atoms. The Morgan fingerprint density at radius 3 is 2.61 bits per heavy atom. The molecule has 23 heavy (non-hydrogen) atoms. The van der Waals surface area contributed by atoms with Crippen molar-refractivity contribution in [2.45, 2.75) is 27.7 Å². The molecule has 3 heterocycles. The summed E-state index contributed by atoms with van der Waals surface area (Å²) in [5.74, 6) is 1.48. The fourth-order valence-electron chi connectivity index (χ4n) is 2.60. The van der Waals surface area contributed by atoms with Crippen molar-refractivity contribution in [3.8, 4) is 11.3 Å². The van der Waals surface area contributed by atoms with Crippen molar-refractivity contribution in [2.75, 3.05) is 5.32 Å². The van der Waals surface area contributed by atoms with E-state index in [1.165, 1.54) is 11.3 Å². The SMILES string of the molecule is Cc1cc(-c2csc(NC(=O)c3c(C)nn(C)c3C)n2)c(C)o1. The highest BCUT2D eigenvalue weighted by atomic mass is 32.1. The first-order valence-corrected chi connectivity index (χ1v) is 8.09. The Labute approximate surface area is 138 Å². The first kappa shape index (κ1) is 15.5. The summed E-state index contributed by atoms with van der Waals surface area (Å²) in [6, 6.07) is 1.95. The lowest BCUT2D eigenvalue weighted by atomic mass is 10.2. The first-order valence-electron chi connectivity index (χ1n) is 7.21. The van der Waals surface area contributed by atoms with Gasteiger partial charge in [-0.1, -0.05) is 0 Å². The minimum Gasteiger partial charge on any atom is -0.466 e. The van der Waals surface area contributed by atoms with Crippen molar-refractivity contribution in [1.29, 1.82) is 0 Å². The summed E-state index contributed by atoms with van der Waals surface area (Å²) in [7, 11) is 1.82. The maximum atomic E-state index is 12.5. The Hall–Kier alpha value is -2.41. The first-order chi connectivity index (χ1) is 10.9. The molecule has 0 atom stereocenters. The van der Waals surface area contributed by atoms with Crippen LogP contribution in [0, 0.1) is 27.7 Å². The van der Waals surface area contributed by atoms with Gasteiger partial charge in [0.1, 0.15) is 11.5 Å². The average Bonchev–Trinajstić information content (AvgIpc) is 3.10. The number of rotatable bonds is 3. The monoisotopic (exact) mass is 330 g/mol. The number of furan rings is 1. The van der Waals surface area contributed by atoms with Crippen molar-refractivity contribution >= 4 is 22.4 Å². The largest absolute Gasteiger partial charge is 0.466 e. The molecule has 0 aliphatic heterocycles. The number of nitrogens with zero attached hydrogens (tertiary/aromatic N) is 3. The van der Waals surface area contributed by atoms with Crippen molar-refractivity contribution in [3.63, 3.8) is 0 Å². The van der Waals surface area contributed by atoms with E-state index in [2.05, 4.69) is 15.4 Å². The number of hydrogen-bond donors (Lipinski definition) is 1. The topological polar surface area (TPSA) is 73.0 Å². The fraction of sp³-hybridized carbons (Fsp3) is 0.312. The molecule has 6 nitrogen and oxygen atoms in total. The molecule has 0 bridgehead atoms. The molecule has 0 aliphatic rings. The number of carbonyl (C=O) groups is 1. The number of aromatic nitrogens is 3. The third-order valence-electron chi connectivity index (χ3n) is 3.78. The van der Waals surface area contributed by atoms with Gasteiger partial charge in [-0.2, -0.15) is 5.10 Å². The van der Waals surface area contributed by atoms with Gasteiger partial charge in [-0.15, -0.1) is 11.3 Å². The second-order valence-corrected chi connectivity index (χ2v) is 6.35. The zero-order valence-corrected chi connectivity index (χ0v) is 14.5. The van der Waals surface area contributed by atoms with Gasteiger partial charge in [-0.05, 0) is 33.8 Å². The zero-order valence-electron chi connectivity index (χ0n) is 13.7. The van der Waals surface area contributed by atoms with Gasteiger partial charge in [0, 0.05) is 23.7 Å². The van der Waals surface area contributed by atoms with Gasteiger partial charge in [0.05, 0.1) is 17.0 Å². The molecule has 0 aromatic carbocycles. The second-order valence-electron chi connectivity index (χ2n) is 5.49. The highest BCUT2D eigenvalue weighted by Gasteiger charge is 2.19. The molecule has 0 fully saturated rings. The van der Waals surface area contributed by atoms with Gasteiger partial charge in [0.25, 0.3) is 5.91 Å². The summed E-state index contributed by atoms with van der Waals surface area (Å²) in [6.45, 7) is 7.51. The minimum absolute atomic E-state index is 0.186. The predicted octanol–water partition coefficient (Wildman–Crippen LogP) is 3.62. The van der Waals surface area contributed by atoms with Crippen LogP contribution in [0.15, 0.2) is 15.9 Å². The summed E-state index contributed by atoms with van der Waals surface area (Å²) in [4.78, 5) is 17.0. The fourth-order valence-corrected chi connectivity index (χ4v) is 3.31. The summed E-state index contributed by atoms with van der Waals surface area (Å²) in [5, 5.41) is 9.59. The van der Waals surface area contributed by atoms with Crippen LogP contribution in [-0.4, -0.2) is 20.7 Å². The molecule has 0 radical (unpaired) electrons. The molecular weight excluding hydrogens is 312 g/mol. The van der Waals surface area contributed by atoms with Crippen LogP contribution < -0.4 is 5.32 Å². The number of carbonyl (C=O) groups excluding carboxylic acids is 1. The van der Waals surface area contributed by atoms with Crippen molar-refractivity contribution < 1.29 is 9.21 Å². The Morgan fingerprint density at radius 1 is 1.30 bits per heavy atom. The van der Waals surface area contributed by atoms with E-state index in [0.29, 0.717) is 16.4 Å². The van der Waals surface area contributed by atoms with Crippen LogP contribution in [-0.2, 0) is 7.05 Å². The van der Waals surface area contributed by atoms with Crippen LogP contribution in [0.4, 0.5) is 5.13 Å². The second kappa shape index (κ2) is 5.66. The van der Waals surface area contributed by atoms with Gasteiger partial charge < -0.3 is 4.42 Å². The quantitative estimate of drug-likeness (QED) is 0.796. The van der Waals surface area contributed by atoms with E-state index >= 15 is 0 Å². The molecule has 0 saturated heterocycles. The zero-order chi connectivity index (χ0) is 16.7. The number of anilines is 1. The predicted molar refractivity (Wildman–Crippen MR) is 89.9 cm³/mol. The summed E-state index contributed by atoms with van der Waals surface area (Å²) < 4.78 is 7.23. The van der Waals surface area contributed by atoms with Crippen molar-refractivity contribution in [2.24, 2.45) is 7.05 Å². The highest BCUT2D eigenvalue weighted by molar-refractivity contribution is 7.14. The van der Waals surface area contributed by atoms with Gasteiger partial charge in [-0.3, -0.25) is 14.8 Å². The average molecular weight is 330 g/mol. The molecule has 0 aliphatic carbocycles. The van der Waals surface area contributed by atoms with E-state index in [1.54, 1.807) is 4.68 Å². The molecule has 3 aromatic rings. The maximum absolute atomic E-state index is 12.5. The summed E-state index contributed by atoms with van der Waals surface area (Å²) in [5.41, 5.74) is 3.89. The van der Waals surface area contributed by atoms with E-state index in [9.17, 15) is 4.79 Å². The molecule has 1 N–H and O–H groups in total. The van der Waals surface area contributed by atoms with E-state index in [4.69, 9.17) is 4.42 Å². The Bertz CT molecular complexity index is 888. The molecule has 3 aromatic heterocycles. The highest BCUT2D eigenvalue weighted by Crippen LogP contribution is 2.30. The van der Waals surface area contributed by atoms with E-state index in [0.717, 1.165) is 28.5 Å². The van der Waals surface area contributed by atoms with E-state index in [-0.39, 0.29) is 5.91 Å². The van der Waals surface area contributed by atoms with E-state index < -0.39 is 0 Å². The molecule has 0 unspecified atom stereocenters. The number of aryl methyl sites for hydroxylation is 4. The molecule has 3 rings (SSSR count). The number of nitrogens with one attached hydrogen (secondary N) is 1. The van der Waals surface area contributed by atoms with Gasteiger partial charge in [0.2, 0.25) is 0 Å². The van der Waals surface area contributed by atoms with Gasteiger partial charge in [-0.25, -0.2) is 4.98 Å². The molecular formula is C16H18N4O2S. The van der Waals surface area contributed by atoms with Gasteiger partial charge in [0.15, 0.2) is 5.13 Å². The third kappa shape index (κ3) is 2.79. The van der Waals surface area contributed by atoms with Crippen LogP contribution in [0.1, 0.15) is 33.3 Å². The summed E-state index contributed by atoms with van der Waals surface area (Å²) in [6.07, 6.45) is 0. The van der Waals surface area contributed by atoms with Crippen LogP contribution in [0.5, 0.6) is 0 Å². The van der Waals surface area contributed by atoms with Crippen LogP contribution in [0.3, 0.4) is 0 Å². The van der Waals surface area contributed by atoms with Crippen LogP contribution in [0.2, 0.25) is 0 Å². The lowest BCUT2D eigenvalue weighted by molar-refractivity contribution is 0.102. The maximum Gasteiger partial charge on any atom is 0.261 e. The lowest BCUT2D eigenvalue weighted by Crippen LogP contribution is -2.13. The number of thiazole rings is 1. The van der Waals surface area contributed by atoms with Gasteiger partial charge >= 0.3 is 0 Å². The minimum atomic E-state index is -0.186. The normalized spacial score (nSPS) is 11.0. The van der Waals surface area contributed by atoms with Crippen molar-refractivity contribution in [1.82, 2.24) is 14.8 Å². The lowest BCUT2D eigenvalue weighted by Gasteiger charge is -2.02. The molecule has 0 saturated carbocycles. The summed E-state index contributed by atoms with van der Waals surface area (Å²) >= 11 is 1.39. The van der Waals surface area contributed by atoms with Crippen LogP contribution >= 0.6 is 11.3 Å². The molecule has 1 amide bonds. The van der Waals surface area contributed by atoms with Crippen LogP contribution in [0.25, 0.3) is 11.3 Å². The molecule has 120 valence electrons. The number of hydrogen-bond acceptors (Lipinski definition) is 5. The number of amides is 1.